The topological polar surface area (TPSA) is 87.7 Å². The van der Waals surface area contributed by atoms with Gasteiger partial charge in [0.15, 0.2) is 0 Å². The number of carbonyl (C=O) groups excluding carboxylic acids is 1. The summed E-state index contributed by atoms with van der Waals surface area (Å²) in [5, 5.41) is 3.55. The number of hydrogen-bond donors (Lipinski definition) is 2. The SMILES string of the molecule is O=C(CSCc1nc2sc3c(c2c(=O)[nH]1)CCC3)Nc1cccnc1. The molecular weight excluding hydrogens is 356 g/mol. The molecule has 0 saturated heterocycles. The van der Waals surface area contributed by atoms with Gasteiger partial charge in [-0.3, -0.25) is 14.6 Å². The van der Waals surface area contributed by atoms with E-state index in [1.807, 2.05) is 0 Å². The van der Waals surface area contributed by atoms with Crippen molar-refractivity contribution in [1.82, 2.24) is 15.0 Å². The van der Waals surface area contributed by atoms with E-state index in [1.165, 1.54) is 22.2 Å². The van der Waals surface area contributed by atoms with Gasteiger partial charge in [-0.25, -0.2) is 4.98 Å². The maximum absolute atomic E-state index is 12.4. The lowest BCUT2D eigenvalue weighted by molar-refractivity contribution is -0.113. The molecule has 4 rings (SSSR count). The van der Waals surface area contributed by atoms with Crippen molar-refractivity contribution in [3.05, 3.63) is 51.1 Å². The van der Waals surface area contributed by atoms with Crippen molar-refractivity contribution in [2.45, 2.75) is 25.0 Å². The number of amides is 1. The fourth-order valence-electron chi connectivity index (χ4n) is 2.99. The lowest BCUT2D eigenvalue weighted by atomic mass is 10.2. The number of fused-ring (bicyclic) bond motifs is 3. The summed E-state index contributed by atoms with van der Waals surface area (Å²) in [6, 6.07) is 3.56. The van der Waals surface area contributed by atoms with Crippen LogP contribution in [0.3, 0.4) is 0 Å². The van der Waals surface area contributed by atoms with Crippen LogP contribution in [0, 0.1) is 0 Å². The predicted octanol–water partition coefficient (Wildman–Crippen LogP) is 2.74. The van der Waals surface area contributed by atoms with Crippen LogP contribution in [0.4, 0.5) is 5.69 Å². The van der Waals surface area contributed by atoms with E-state index in [0.29, 0.717) is 17.3 Å². The molecule has 6 nitrogen and oxygen atoms in total. The Morgan fingerprint density at radius 3 is 3.16 bits per heavy atom. The second-order valence-corrected chi connectivity index (χ2v) is 7.90. The number of aromatic nitrogens is 3. The van der Waals surface area contributed by atoms with Crippen molar-refractivity contribution in [1.29, 1.82) is 0 Å². The van der Waals surface area contributed by atoms with Crippen molar-refractivity contribution in [3.8, 4) is 0 Å². The molecule has 0 aliphatic heterocycles. The highest BCUT2D eigenvalue weighted by molar-refractivity contribution is 7.99. The number of aryl methyl sites for hydroxylation is 2. The number of aromatic amines is 1. The molecule has 0 spiro atoms. The van der Waals surface area contributed by atoms with Crippen LogP contribution in [0.15, 0.2) is 29.3 Å². The van der Waals surface area contributed by atoms with Gasteiger partial charge in [0.25, 0.3) is 5.56 Å². The summed E-state index contributed by atoms with van der Waals surface area (Å²) < 4.78 is 0. The zero-order valence-corrected chi connectivity index (χ0v) is 15.0. The Hall–Kier alpha value is -2.19. The van der Waals surface area contributed by atoms with Crippen LogP contribution in [0.5, 0.6) is 0 Å². The monoisotopic (exact) mass is 372 g/mol. The lowest BCUT2D eigenvalue weighted by Gasteiger charge is -2.04. The summed E-state index contributed by atoms with van der Waals surface area (Å²) in [7, 11) is 0. The Bertz CT molecular complexity index is 981. The smallest absolute Gasteiger partial charge is 0.259 e. The van der Waals surface area contributed by atoms with Gasteiger partial charge in [-0.15, -0.1) is 23.1 Å². The van der Waals surface area contributed by atoms with Crippen molar-refractivity contribution in [2.75, 3.05) is 11.1 Å². The molecule has 0 radical (unpaired) electrons. The number of nitrogens with one attached hydrogen (secondary N) is 2. The predicted molar refractivity (Wildman–Crippen MR) is 101 cm³/mol. The summed E-state index contributed by atoms with van der Waals surface area (Å²) in [4.78, 5) is 37.8. The van der Waals surface area contributed by atoms with E-state index in [4.69, 9.17) is 0 Å². The van der Waals surface area contributed by atoms with Gasteiger partial charge >= 0.3 is 0 Å². The maximum atomic E-state index is 12.4. The molecule has 0 atom stereocenters. The van der Waals surface area contributed by atoms with E-state index in [9.17, 15) is 9.59 Å². The molecule has 0 saturated carbocycles. The molecular formula is C17H16N4O2S2. The minimum absolute atomic E-state index is 0.0557. The largest absolute Gasteiger partial charge is 0.324 e. The Morgan fingerprint density at radius 1 is 1.40 bits per heavy atom. The third kappa shape index (κ3) is 3.45. The quantitative estimate of drug-likeness (QED) is 0.719. The average molecular weight is 372 g/mol. The molecule has 3 aromatic heterocycles. The molecule has 8 heteroatoms. The Morgan fingerprint density at radius 2 is 2.32 bits per heavy atom. The zero-order chi connectivity index (χ0) is 17.2. The number of anilines is 1. The fourth-order valence-corrected chi connectivity index (χ4v) is 4.96. The molecule has 0 unspecified atom stereocenters. The molecule has 1 aliphatic rings. The minimum atomic E-state index is -0.100. The standard InChI is InChI=1S/C17H16N4O2S2/c22-14(19-10-3-2-6-18-7-10)9-24-8-13-20-16(23)15-11-4-1-5-12(11)25-17(15)21-13/h2-3,6-7H,1,4-5,8-9H2,(H,19,22)(H,20,21,23). The summed E-state index contributed by atoms with van der Waals surface area (Å²) in [5.74, 6) is 1.30. The third-order valence-electron chi connectivity index (χ3n) is 4.04. The molecule has 0 fully saturated rings. The molecule has 25 heavy (non-hydrogen) atoms. The first kappa shape index (κ1) is 16.3. The van der Waals surface area contributed by atoms with Crippen molar-refractivity contribution >= 4 is 44.9 Å². The number of H-pyrrole nitrogens is 1. The highest BCUT2D eigenvalue weighted by atomic mass is 32.2. The van der Waals surface area contributed by atoms with Crippen LogP contribution in [-0.2, 0) is 23.4 Å². The molecule has 128 valence electrons. The second kappa shape index (κ2) is 6.97. The number of hydrogen-bond acceptors (Lipinski definition) is 6. The van der Waals surface area contributed by atoms with Gasteiger partial charge in [0, 0.05) is 11.1 Å². The van der Waals surface area contributed by atoms with E-state index < -0.39 is 0 Å². The number of nitrogens with zero attached hydrogens (tertiary/aromatic N) is 2. The summed E-state index contributed by atoms with van der Waals surface area (Å²) >= 11 is 3.05. The van der Waals surface area contributed by atoms with Gasteiger partial charge in [0.1, 0.15) is 10.7 Å². The minimum Gasteiger partial charge on any atom is -0.324 e. The average Bonchev–Trinajstić information content (AvgIpc) is 3.16. The normalized spacial score (nSPS) is 13.1. The van der Waals surface area contributed by atoms with Crippen molar-refractivity contribution < 1.29 is 4.79 Å². The molecule has 2 N–H and O–H groups in total. The van der Waals surface area contributed by atoms with Gasteiger partial charge in [0.2, 0.25) is 5.91 Å². The van der Waals surface area contributed by atoms with Crippen LogP contribution in [0.2, 0.25) is 0 Å². The Balaban J connectivity index is 1.40. The van der Waals surface area contributed by atoms with Gasteiger partial charge in [-0.1, -0.05) is 0 Å². The van der Waals surface area contributed by atoms with Gasteiger partial charge in [-0.05, 0) is 37.0 Å². The molecule has 3 heterocycles. The van der Waals surface area contributed by atoms with Gasteiger partial charge in [-0.2, -0.15) is 0 Å². The van der Waals surface area contributed by atoms with E-state index >= 15 is 0 Å². The number of thioether (sulfide) groups is 1. The molecule has 3 aromatic rings. The number of pyridine rings is 1. The van der Waals surface area contributed by atoms with Gasteiger partial charge < -0.3 is 10.3 Å². The van der Waals surface area contributed by atoms with E-state index in [2.05, 4.69) is 20.3 Å². The molecule has 0 aromatic carbocycles. The Labute approximate surface area is 152 Å². The van der Waals surface area contributed by atoms with Crippen LogP contribution < -0.4 is 10.9 Å². The summed E-state index contributed by atoms with van der Waals surface area (Å²) in [6.45, 7) is 0. The van der Waals surface area contributed by atoms with Crippen LogP contribution in [-0.4, -0.2) is 26.6 Å². The van der Waals surface area contributed by atoms with Crippen LogP contribution in [0.25, 0.3) is 10.2 Å². The first-order valence-electron chi connectivity index (χ1n) is 8.02. The lowest BCUT2D eigenvalue weighted by Crippen LogP contribution is -2.15. The number of carbonyl (C=O) groups is 1. The first-order valence-corrected chi connectivity index (χ1v) is 9.99. The fraction of sp³-hybridized carbons (Fsp3) is 0.294. The molecule has 1 aliphatic carbocycles. The highest BCUT2D eigenvalue weighted by Gasteiger charge is 2.21. The molecule has 1 amide bonds. The molecule has 0 bridgehead atoms. The van der Waals surface area contributed by atoms with Gasteiger partial charge in [0.05, 0.1) is 28.8 Å². The first-order chi connectivity index (χ1) is 12.2. The number of rotatable bonds is 5. The zero-order valence-electron chi connectivity index (χ0n) is 13.4. The van der Waals surface area contributed by atoms with E-state index in [0.717, 1.165) is 29.5 Å². The summed E-state index contributed by atoms with van der Waals surface area (Å²) in [5.41, 5.74) is 1.80. The van der Waals surface area contributed by atoms with Crippen LogP contribution in [0.1, 0.15) is 22.7 Å². The van der Waals surface area contributed by atoms with E-state index in [-0.39, 0.29) is 17.2 Å². The van der Waals surface area contributed by atoms with E-state index in [1.54, 1.807) is 35.9 Å². The second-order valence-electron chi connectivity index (χ2n) is 5.83. The van der Waals surface area contributed by atoms with Crippen LogP contribution >= 0.6 is 23.1 Å². The van der Waals surface area contributed by atoms with Crippen molar-refractivity contribution in [2.24, 2.45) is 0 Å². The Kier molecular flexibility index (Phi) is 4.54. The third-order valence-corrected chi connectivity index (χ3v) is 6.17. The highest BCUT2D eigenvalue weighted by Crippen LogP contribution is 2.34. The van der Waals surface area contributed by atoms with Crippen molar-refractivity contribution in [3.63, 3.8) is 0 Å². The number of thiophene rings is 1. The maximum Gasteiger partial charge on any atom is 0.259 e. The summed E-state index contributed by atoms with van der Waals surface area (Å²) in [6.07, 6.45) is 6.41.